The molecule has 0 spiro atoms. The summed E-state index contributed by atoms with van der Waals surface area (Å²) in [5.41, 5.74) is 31.2. The normalized spacial score (nSPS) is 11.6. The van der Waals surface area contributed by atoms with E-state index in [2.05, 4.69) is 296 Å². The molecule has 0 fully saturated rings. The Morgan fingerprint density at radius 3 is 0.938 bits per heavy atom. The van der Waals surface area contributed by atoms with Gasteiger partial charge < -0.3 is 13.4 Å². The summed E-state index contributed by atoms with van der Waals surface area (Å²) in [4.78, 5) is 69.4. The van der Waals surface area contributed by atoms with Crippen LogP contribution >= 0.6 is 0 Å². The highest BCUT2D eigenvalue weighted by Gasteiger charge is 2.29. The van der Waals surface area contributed by atoms with Gasteiger partial charge >= 0.3 is 0 Å². The topological polar surface area (TPSA) is 154 Å². The lowest BCUT2D eigenvalue weighted by Gasteiger charge is -2.16. The van der Waals surface area contributed by atoms with E-state index < -0.39 is 0 Å². The van der Waals surface area contributed by atoms with Gasteiger partial charge in [0.15, 0.2) is 0 Å². The van der Waals surface area contributed by atoms with E-state index in [0.717, 1.165) is 205 Å². The van der Waals surface area contributed by atoms with Gasteiger partial charge in [-0.3, -0.25) is 32.5 Å². The van der Waals surface area contributed by atoms with Gasteiger partial charge in [0.25, 0.3) is 16.7 Å². The van der Waals surface area contributed by atoms with Crippen molar-refractivity contribution in [2.45, 2.75) is 0 Å². The first kappa shape index (κ1) is 85.1. The summed E-state index contributed by atoms with van der Waals surface area (Å²) in [6, 6.07) is 167. The predicted molar refractivity (Wildman–Crippen MR) is 595 cm³/mol. The lowest BCUT2D eigenvalue weighted by molar-refractivity contribution is 0.916. The summed E-state index contributed by atoms with van der Waals surface area (Å²) in [6.07, 6.45) is 4.35. The van der Waals surface area contributed by atoms with Gasteiger partial charge in [-0.05, 0) is 178 Å². The van der Waals surface area contributed by atoms with Gasteiger partial charge in [0.2, 0.25) is 17.5 Å². The molecule has 0 saturated carbocycles. The first-order chi connectivity index (χ1) is 72.2. The summed E-state index contributed by atoms with van der Waals surface area (Å²) in [6.45, 7) is 0. The van der Waals surface area contributed by atoms with Crippen LogP contribution in [-0.4, -0.2) is 61.0 Å². The number of nitrogens with zero attached hydrogens (tertiary/aromatic N) is 13. The van der Waals surface area contributed by atoms with Gasteiger partial charge in [-0.2, -0.15) is 0 Å². The first-order valence-corrected chi connectivity index (χ1v) is 48.7. The number of aromatic nitrogens is 13. The molecule has 0 atom stereocenters. The maximum Gasteiger partial charge on any atom is 0.299 e. The van der Waals surface area contributed by atoms with Crippen LogP contribution in [0.5, 0.6) is 0 Å². The molecule has 0 aliphatic heterocycles. The zero-order valence-electron chi connectivity index (χ0n) is 78.5. The molecule has 16 nitrogen and oxygen atoms in total. The van der Waals surface area contributed by atoms with Crippen molar-refractivity contribution in [1.29, 1.82) is 0 Å². The zero-order chi connectivity index (χ0) is 97.0. The smallest absolute Gasteiger partial charge is 0.299 e. The Labute approximate surface area is 834 Å². The number of imidazole rings is 1. The molecule has 0 bridgehead atoms. The minimum atomic E-state index is -0.199. The Hall–Kier alpha value is -20.1. The second-order valence-electron chi connectivity index (χ2n) is 36.5. The number of hydrogen-bond acceptors (Lipinski definition) is 8. The molecule has 0 aliphatic rings. The van der Waals surface area contributed by atoms with Gasteiger partial charge in [-0.25, -0.2) is 29.5 Å². The minimum absolute atomic E-state index is 0.0780. The Morgan fingerprint density at radius 1 is 0.178 bits per heavy atom. The van der Waals surface area contributed by atoms with E-state index in [9.17, 15) is 4.79 Å². The van der Waals surface area contributed by atoms with Crippen LogP contribution in [0.1, 0.15) is 0 Å². The second-order valence-corrected chi connectivity index (χ2v) is 36.5. The van der Waals surface area contributed by atoms with Crippen molar-refractivity contribution in [2.75, 3.05) is 0 Å². The maximum atomic E-state index is 15.7. The lowest BCUT2D eigenvalue weighted by atomic mass is 9.98. The summed E-state index contributed by atoms with van der Waals surface area (Å²) in [5, 5.41) is 7.60. The minimum Gasteiger partial charge on any atom is -0.309 e. The molecule has 16 heteroatoms. The van der Waals surface area contributed by atoms with E-state index in [1.54, 1.807) is 9.13 Å². The third-order valence-electron chi connectivity index (χ3n) is 28.1. The fraction of sp³-hybridized carbons (Fsp3) is 0. The van der Waals surface area contributed by atoms with E-state index in [-0.39, 0.29) is 16.7 Å². The number of rotatable bonds is 13. The highest BCUT2D eigenvalue weighted by Crippen LogP contribution is 2.46. The average Bonchev–Trinajstić information content (AvgIpc) is 1.56. The van der Waals surface area contributed by atoms with E-state index in [1.165, 1.54) is 5.39 Å². The van der Waals surface area contributed by atoms with E-state index in [0.29, 0.717) is 34.0 Å². The zero-order valence-corrected chi connectivity index (χ0v) is 78.5. The van der Waals surface area contributed by atoms with Crippen molar-refractivity contribution in [3.63, 3.8) is 0 Å². The van der Waals surface area contributed by atoms with Crippen LogP contribution in [0.4, 0.5) is 0 Å². The summed E-state index contributed by atoms with van der Waals surface area (Å²) in [5.74, 6) is 0.925. The van der Waals surface area contributed by atoms with E-state index >= 15 is 9.59 Å². The van der Waals surface area contributed by atoms with Crippen LogP contribution in [0.2, 0.25) is 0 Å². The number of benzene rings is 19. The van der Waals surface area contributed by atoms with Crippen molar-refractivity contribution in [3.05, 3.63) is 535 Å². The fourth-order valence-electron chi connectivity index (χ4n) is 21.5. The van der Waals surface area contributed by atoms with Crippen LogP contribution in [0.25, 0.3) is 244 Å². The molecule has 0 saturated heterocycles. The maximum absolute atomic E-state index is 15.7. The van der Waals surface area contributed by atoms with Gasteiger partial charge in [0.05, 0.1) is 94.0 Å². The van der Waals surface area contributed by atoms with Crippen LogP contribution in [-0.2, 0) is 0 Å². The van der Waals surface area contributed by atoms with Gasteiger partial charge in [-0.1, -0.05) is 358 Å². The van der Waals surface area contributed by atoms with Crippen LogP contribution < -0.4 is 16.7 Å². The Balaban J connectivity index is 0.000000118. The standard InChI is InChI=1S/2C55H35N5O.C20H13N3O/c61-54-45-34-40(29-31-48(45)58-35-46(36-17-5-1-6-18-36)51(37-19-7-2-8-20-37)53(58)59(54)41-23-11-4-12-24-41)39-30-32-50-44(33-39)42-25-14-16-28-49(42)60(50)55-56-47-27-15-13-26-43(47)52(57-55)38-21-9-3-10-22-38;61-54-45-34-40(39-30-32-50-44(33-39)42-25-14-16-28-49(42)59(50)41-23-11-4-12-24-41)29-31-48(45)58-35-46(36-17-5-1-6-18-36)51(37-19-7-2-8-20-37)53(58)60(54)55-56-47-27-15-13-26-43(47)52(57-55)38-21-9-3-10-22-38;24-20-19-21-15-10-4-5-11-16(15)23(19)18-13-7-6-12-17(18)22(20)14-8-2-1-3-9-14/h2*1-35H;1-13H. The fourth-order valence-corrected chi connectivity index (χ4v) is 21.5. The van der Waals surface area contributed by atoms with Crippen molar-refractivity contribution in [3.8, 4) is 118 Å². The van der Waals surface area contributed by atoms with E-state index in [1.807, 2.05) is 239 Å². The molecular weight excluding hydrogens is 1790 g/mol. The molecule has 686 valence electrons. The molecule has 29 aromatic rings. The quantitative estimate of drug-likeness (QED) is 0.111. The molecule has 146 heavy (non-hydrogen) atoms. The largest absolute Gasteiger partial charge is 0.309 e. The van der Waals surface area contributed by atoms with Crippen molar-refractivity contribution < 1.29 is 0 Å². The van der Waals surface area contributed by atoms with Crippen LogP contribution in [0.15, 0.2) is 518 Å². The molecule has 0 radical (unpaired) electrons. The monoisotopic (exact) mass is 1870 g/mol. The van der Waals surface area contributed by atoms with Crippen molar-refractivity contribution >= 4 is 126 Å². The Kier molecular flexibility index (Phi) is 20.6. The highest BCUT2D eigenvalue weighted by molar-refractivity contribution is 6.13. The van der Waals surface area contributed by atoms with Gasteiger partial charge in [0.1, 0.15) is 11.3 Å². The van der Waals surface area contributed by atoms with Crippen molar-refractivity contribution in [1.82, 2.24) is 61.0 Å². The van der Waals surface area contributed by atoms with Gasteiger partial charge in [-0.15, -0.1) is 0 Å². The lowest BCUT2D eigenvalue weighted by Crippen LogP contribution is -2.23. The summed E-state index contributed by atoms with van der Waals surface area (Å²) < 4.78 is 16.1. The second kappa shape index (κ2) is 35.3. The van der Waals surface area contributed by atoms with Gasteiger partial charge in [0, 0.05) is 89.5 Å². The summed E-state index contributed by atoms with van der Waals surface area (Å²) in [7, 11) is 0. The van der Waals surface area contributed by atoms with Crippen molar-refractivity contribution in [2.24, 2.45) is 0 Å². The van der Waals surface area contributed by atoms with Crippen LogP contribution in [0, 0.1) is 0 Å². The average molecular weight is 1880 g/mol. The van der Waals surface area contributed by atoms with E-state index in [4.69, 9.17) is 19.9 Å². The first-order valence-electron chi connectivity index (χ1n) is 48.7. The molecular formula is C130H83N13O3. The number of fused-ring (bicyclic) bond motifs is 19. The molecule has 19 aromatic carbocycles. The molecule has 0 N–H and O–H groups in total. The SMILES string of the molecule is O=c1c2cc(-c3ccc4c(c3)c3ccccc3n4-c3ccccc3)ccc2n2cc(-c3ccccc3)c(-c3ccccc3)c2n1-c1nc(-c2ccccc2)c2ccccc2n1.O=c1c2cc(-c3ccc4c(c3)c3ccccc3n4-c3nc(-c4ccccc4)c4ccccc4n3)ccc2n2cc(-c3ccccc3)c(-c3ccccc3)c2n1-c1ccccc1.O=c1c2nc3ccccc3n2c2ccccc2n1-c1ccccc1. The molecule has 0 unspecified atom stereocenters. The predicted octanol–water partition coefficient (Wildman–Crippen LogP) is 29.7. The summed E-state index contributed by atoms with van der Waals surface area (Å²) >= 11 is 0. The number of hydrogen-bond donors (Lipinski definition) is 0. The van der Waals surface area contributed by atoms with Crippen LogP contribution in [0.3, 0.4) is 0 Å². The molecule has 29 rings (SSSR count). The molecule has 0 aliphatic carbocycles. The molecule has 10 heterocycles. The molecule has 10 aromatic heterocycles. The molecule has 0 amide bonds. The third kappa shape index (κ3) is 14.3. The third-order valence-corrected chi connectivity index (χ3v) is 28.1. The Bertz CT molecular complexity index is 10400. The Morgan fingerprint density at radius 2 is 0.486 bits per heavy atom. The highest BCUT2D eigenvalue weighted by atomic mass is 16.1. The number of para-hydroxylation sites is 11.